The quantitative estimate of drug-likeness (QED) is 0.682. The minimum atomic E-state index is -3.55. The summed E-state index contributed by atoms with van der Waals surface area (Å²) >= 11 is 3.34. The van der Waals surface area contributed by atoms with Crippen LogP contribution >= 0.6 is 15.9 Å². The summed E-state index contributed by atoms with van der Waals surface area (Å²) in [4.78, 5) is 11.9. The van der Waals surface area contributed by atoms with Crippen LogP contribution in [0.1, 0.15) is 12.0 Å². The Morgan fingerprint density at radius 2 is 2.09 bits per heavy atom. The van der Waals surface area contributed by atoms with Crippen LogP contribution < -0.4 is 9.62 Å². The van der Waals surface area contributed by atoms with E-state index in [0.29, 0.717) is 25.3 Å². The molecule has 0 aliphatic rings. The third kappa shape index (κ3) is 5.94. The maximum atomic E-state index is 12.0. The van der Waals surface area contributed by atoms with Crippen LogP contribution in [0, 0.1) is 6.92 Å². The summed E-state index contributed by atoms with van der Waals surface area (Å²) in [5.74, 6) is -0.344. The molecule has 1 amide bonds. The van der Waals surface area contributed by atoms with Gasteiger partial charge in [0, 0.05) is 24.7 Å². The van der Waals surface area contributed by atoms with Crippen molar-refractivity contribution in [3.05, 3.63) is 28.2 Å². The van der Waals surface area contributed by atoms with Gasteiger partial charge in [-0.2, -0.15) is 0 Å². The molecule has 0 heterocycles. The zero-order valence-electron chi connectivity index (χ0n) is 12.9. The Labute approximate surface area is 140 Å². The van der Waals surface area contributed by atoms with Gasteiger partial charge >= 0.3 is 0 Å². The van der Waals surface area contributed by atoms with Crippen LogP contribution in [-0.4, -0.2) is 47.4 Å². The molecule has 0 atom stereocenters. The van der Waals surface area contributed by atoms with Crippen molar-refractivity contribution in [3.8, 4) is 0 Å². The minimum Gasteiger partial charge on any atom is -0.385 e. The standard InChI is InChI=1S/C14H21BrN2O4S/c1-11-9-12(15)5-6-13(11)17(22(3,19)20)10-14(18)16-7-4-8-21-2/h5-6,9H,4,7-8,10H2,1-3H3,(H,16,18). The Hall–Kier alpha value is -1.12. The summed E-state index contributed by atoms with van der Waals surface area (Å²) < 4.78 is 30.8. The molecular weight excluding hydrogens is 372 g/mol. The summed E-state index contributed by atoms with van der Waals surface area (Å²) in [5, 5.41) is 2.69. The molecule has 0 aromatic heterocycles. The van der Waals surface area contributed by atoms with Gasteiger partial charge in [0.25, 0.3) is 0 Å². The number of sulfonamides is 1. The molecule has 0 saturated heterocycles. The number of rotatable bonds is 8. The summed E-state index contributed by atoms with van der Waals surface area (Å²) in [6, 6.07) is 5.24. The van der Waals surface area contributed by atoms with Gasteiger partial charge in [0.1, 0.15) is 6.54 Å². The van der Waals surface area contributed by atoms with E-state index in [0.717, 1.165) is 20.6 Å². The van der Waals surface area contributed by atoms with Gasteiger partial charge in [-0.15, -0.1) is 0 Å². The number of benzene rings is 1. The smallest absolute Gasteiger partial charge is 0.240 e. The maximum Gasteiger partial charge on any atom is 0.240 e. The third-order valence-electron chi connectivity index (χ3n) is 2.96. The zero-order chi connectivity index (χ0) is 16.8. The van der Waals surface area contributed by atoms with Gasteiger partial charge in [0.2, 0.25) is 15.9 Å². The van der Waals surface area contributed by atoms with E-state index in [-0.39, 0.29) is 12.5 Å². The topological polar surface area (TPSA) is 75.7 Å². The second-order valence-corrected chi connectivity index (χ2v) is 7.72. The zero-order valence-corrected chi connectivity index (χ0v) is 15.3. The van der Waals surface area contributed by atoms with E-state index in [4.69, 9.17) is 4.74 Å². The molecule has 0 unspecified atom stereocenters. The molecule has 22 heavy (non-hydrogen) atoms. The van der Waals surface area contributed by atoms with Crippen LogP contribution in [-0.2, 0) is 19.6 Å². The van der Waals surface area contributed by atoms with Crippen molar-refractivity contribution < 1.29 is 17.9 Å². The van der Waals surface area contributed by atoms with Gasteiger partial charge in [-0.1, -0.05) is 15.9 Å². The molecule has 124 valence electrons. The number of anilines is 1. The van der Waals surface area contributed by atoms with Gasteiger partial charge in [-0.05, 0) is 37.1 Å². The van der Waals surface area contributed by atoms with Crippen molar-refractivity contribution in [2.75, 3.05) is 37.4 Å². The number of hydrogen-bond acceptors (Lipinski definition) is 4. The highest BCUT2D eigenvalue weighted by atomic mass is 79.9. The van der Waals surface area contributed by atoms with Gasteiger partial charge in [0.05, 0.1) is 11.9 Å². The van der Waals surface area contributed by atoms with Crippen molar-refractivity contribution in [2.45, 2.75) is 13.3 Å². The molecule has 0 spiro atoms. The van der Waals surface area contributed by atoms with Crippen LogP contribution in [0.25, 0.3) is 0 Å². The van der Waals surface area contributed by atoms with Crippen LogP contribution in [0.15, 0.2) is 22.7 Å². The third-order valence-corrected chi connectivity index (χ3v) is 4.58. The predicted molar refractivity (Wildman–Crippen MR) is 90.6 cm³/mol. The highest BCUT2D eigenvalue weighted by molar-refractivity contribution is 9.10. The largest absolute Gasteiger partial charge is 0.385 e. The number of nitrogens with one attached hydrogen (secondary N) is 1. The molecule has 0 aliphatic heterocycles. The van der Waals surface area contributed by atoms with E-state index in [9.17, 15) is 13.2 Å². The van der Waals surface area contributed by atoms with E-state index in [1.54, 1.807) is 26.2 Å². The molecule has 1 N–H and O–H groups in total. The molecule has 0 fully saturated rings. The number of amides is 1. The summed E-state index contributed by atoms with van der Waals surface area (Å²) in [5.41, 5.74) is 1.27. The average molecular weight is 393 g/mol. The molecule has 1 aromatic carbocycles. The van der Waals surface area contributed by atoms with Crippen LogP contribution in [0.3, 0.4) is 0 Å². The highest BCUT2D eigenvalue weighted by Gasteiger charge is 2.22. The maximum absolute atomic E-state index is 12.0. The lowest BCUT2D eigenvalue weighted by atomic mass is 10.2. The van der Waals surface area contributed by atoms with Crippen LogP contribution in [0.2, 0.25) is 0 Å². The number of ether oxygens (including phenoxy) is 1. The normalized spacial score (nSPS) is 11.3. The number of halogens is 1. The Morgan fingerprint density at radius 1 is 1.41 bits per heavy atom. The summed E-state index contributed by atoms with van der Waals surface area (Å²) in [7, 11) is -1.96. The molecule has 0 radical (unpaired) electrons. The van der Waals surface area contributed by atoms with Crippen molar-refractivity contribution in [1.29, 1.82) is 0 Å². The first-order valence-electron chi connectivity index (χ1n) is 6.75. The molecule has 0 saturated carbocycles. The fourth-order valence-corrected chi connectivity index (χ4v) is 3.30. The Kier molecular flexibility index (Phi) is 7.31. The molecular formula is C14H21BrN2O4S. The fraction of sp³-hybridized carbons (Fsp3) is 0.500. The van der Waals surface area contributed by atoms with Gasteiger partial charge in [0.15, 0.2) is 0 Å². The van der Waals surface area contributed by atoms with Crippen molar-refractivity contribution in [3.63, 3.8) is 0 Å². The van der Waals surface area contributed by atoms with Crippen LogP contribution in [0.5, 0.6) is 0 Å². The van der Waals surface area contributed by atoms with E-state index in [2.05, 4.69) is 21.2 Å². The van der Waals surface area contributed by atoms with Gasteiger partial charge in [-0.3, -0.25) is 9.10 Å². The monoisotopic (exact) mass is 392 g/mol. The van der Waals surface area contributed by atoms with E-state index in [1.165, 1.54) is 0 Å². The fourth-order valence-electron chi connectivity index (χ4n) is 1.91. The second kappa shape index (κ2) is 8.50. The predicted octanol–water partition coefficient (Wildman–Crippen LogP) is 1.68. The van der Waals surface area contributed by atoms with E-state index >= 15 is 0 Å². The summed E-state index contributed by atoms with van der Waals surface area (Å²) in [6.07, 6.45) is 1.77. The van der Waals surface area contributed by atoms with Gasteiger partial charge in [-0.25, -0.2) is 8.42 Å². The number of carbonyl (C=O) groups excluding carboxylic acids is 1. The van der Waals surface area contributed by atoms with E-state index in [1.807, 2.05) is 6.07 Å². The first kappa shape index (κ1) is 18.9. The number of carbonyl (C=O) groups is 1. The highest BCUT2D eigenvalue weighted by Crippen LogP contribution is 2.25. The SMILES string of the molecule is COCCCNC(=O)CN(c1ccc(Br)cc1C)S(C)(=O)=O. The number of methoxy groups -OCH3 is 1. The lowest BCUT2D eigenvalue weighted by molar-refractivity contribution is -0.119. The molecule has 6 nitrogen and oxygen atoms in total. The second-order valence-electron chi connectivity index (χ2n) is 4.90. The van der Waals surface area contributed by atoms with Crippen molar-refractivity contribution >= 4 is 37.5 Å². The lowest BCUT2D eigenvalue weighted by Crippen LogP contribution is -2.41. The number of nitrogens with zero attached hydrogens (tertiary/aromatic N) is 1. The minimum absolute atomic E-state index is 0.242. The molecule has 0 aliphatic carbocycles. The Balaban J connectivity index is 2.85. The number of hydrogen-bond donors (Lipinski definition) is 1. The molecule has 0 bridgehead atoms. The molecule has 1 rings (SSSR count). The molecule has 8 heteroatoms. The Morgan fingerprint density at radius 3 is 2.64 bits per heavy atom. The Bertz CT molecular complexity index is 619. The lowest BCUT2D eigenvalue weighted by Gasteiger charge is -2.23. The average Bonchev–Trinajstić information content (AvgIpc) is 2.41. The first-order valence-corrected chi connectivity index (χ1v) is 9.39. The molecule has 1 aromatic rings. The van der Waals surface area contributed by atoms with Crippen molar-refractivity contribution in [2.24, 2.45) is 0 Å². The number of aryl methyl sites for hydroxylation is 1. The summed E-state index contributed by atoms with van der Waals surface area (Å²) in [6.45, 7) is 2.55. The van der Waals surface area contributed by atoms with E-state index < -0.39 is 10.0 Å². The van der Waals surface area contributed by atoms with Crippen LogP contribution in [0.4, 0.5) is 5.69 Å². The van der Waals surface area contributed by atoms with Gasteiger partial charge < -0.3 is 10.1 Å². The first-order chi connectivity index (χ1) is 10.3. The van der Waals surface area contributed by atoms with Crippen molar-refractivity contribution in [1.82, 2.24) is 5.32 Å².